The smallest absolute Gasteiger partial charge is 0.150 e. The molecule has 132 valence electrons. The number of hydrogen-bond acceptors (Lipinski definition) is 5. The molecule has 0 bridgehead atoms. The van der Waals surface area contributed by atoms with E-state index in [2.05, 4.69) is 21.0 Å². The van der Waals surface area contributed by atoms with E-state index in [0.717, 1.165) is 44.6 Å². The number of nitrogens with zero attached hydrogens (tertiary/aromatic N) is 2. The van der Waals surface area contributed by atoms with Crippen LogP contribution in [0.15, 0.2) is 42.5 Å². The fourth-order valence-electron chi connectivity index (χ4n) is 3.16. The molecule has 0 spiro atoms. The Morgan fingerprint density at radius 2 is 1.96 bits per heavy atom. The van der Waals surface area contributed by atoms with Crippen LogP contribution >= 0.6 is 0 Å². The molecule has 0 saturated carbocycles. The minimum Gasteiger partial charge on any atom is -0.497 e. The maximum Gasteiger partial charge on any atom is 0.150 e. The predicted molar refractivity (Wildman–Crippen MR) is 103 cm³/mol. The van der Waals surface area contributed by atoms with Crippen LogP contribution in [-0.4, -0.2) is 33.8 Å². The molecule has 2 aromatic heterocycles. The number of aliphatic hydroxyl groups excluding tert-OH is 1. The first-order chi connectivity index (χ1) is 12.7. The number of H-pyrrole nitrogens is 1. The first-order valence-corrected chi connectivity index (χ1v) is 8.52. The predicted octanol–water partition coefficient (Wildman–Crippen LogP) is 3.29. The summed E-state index contributed by atoms with van der Waals surface area (Å²) in [7, 11) is 1.66. The van der Waals surface area contributed by atoms with Crippen molar-refractivity contribution in [3.63, 3.8) is 0 Å². The van der Waals surface area contributed by atoms with E-state index in [0.29, 0.717) is 18.7 Å². The normalized spacial score (nSPS) is 11.3. The highest BCUT2D eigenvalue weighted by molar-refractivity contribution is 6.07. The number of fused-ring (bicyclic) bond motifs is 3. The molecule has 4 aromatic rings. The molecule has 2 aromatic carbocycles. The van der Waals surface area contributed by atoms with Crippen LogP contribution in [0.5, 0.6) is 5.75 Å². The number of nitrogens with two attached hydrogens (primary N) is 1. The van der Waals surface area contributed by atoms with E-state index in [1.54, 1.807) is 7.11 Å². The molecule has 0 saturated heterocycles. The number of imidazole rings is 1. The summed E-state index contributed by atoms with van der Waals surface area (Å²) in [6, 6.07) is 14.0. The lowest BCUT2D eigenvalue weighted by atomic mass is 10.0. The number of anilines is 1. The summed E-state index contributed by atoms with van der Waals surface area (Å²) in [5.41, 5.74) is 10.6. The summed E-state index contributed by atoms with van der Waals surface area (Å²) < 4.78 is 5.31. The average Bonchev–Trinajstić information content (AvgIpc) is 3.11. The number of ether oxygens (including phenoxy) is 1. The molecule has 0 aliphatic carbocycles. The van der Waals surface area contributed by atoms with Gasteiger partial charge in [-0.25, -0.2) is 9.97 Å². The number of aromatic nitrogens is 3. The van der Waals surface area contributed by atoms with Crippen LogP contribution < -0.4 is 10.5 Å². The monoisotopic (exact) mass is 348 g/mol. The number of aryl methyl sites for hydroxylation is 1. The zero-order chi connectivity index (χ0) is 18.1. The molecular weight excluding hydrogens is 328 g/mol. The second kappa shape index (κ2) is 6.65. The van der Waals surface area contributed by atoms with Crippen LogP contribution in [-0.2, 0) is 6.42 Å². The Kier molecular flexibility index (Phi) is 4.18. The van der Waals surface area contributed by atoms with Gasteiger partial charge in [-0.2, -0.15) is 0 Å². The van der Waals surface area contributed by atoms with E-state index in [-0.39, 0.29) is 6.61 Å². The van der Waals surface area contributed by atoms with Gasteiger partial charge in [0.1, 0.15) is 28.4 Å². The third-order valence-electron chi connectivity index (χ3n) is 4.48. The second-order valence-corrected chi connectivity index (χ2v) is 6.20. The Hall–Kier alpha value is -3.12. The van der Waals surface area contributed by atoms with Crippen LogP contribution in [0.1, 0.15) is 12.2 Å². The number of aliphatic hydroxyl groups is 1. The minimum absolute atomic E-state index is 0.134. The Labute approximate surface area is 150 Å². The van der Waals surface area contributed by atoms with Crippen molar-refractivity contribution in [3.05, 3.63) is 48.3 Å². The largest absolute Gasteiger partial charge is 0.497 e. The van der Waals surface area contributed by atoms with Crippen molar-refractivity contribution in [2.24, 2.45) is 0 Å². The number of hydrogen-bond donors (Lipinski definition) is 3. The lowest BCUT2D eigenvalue weighted by Crippen LogP contribution is -1.93. The van der Waals surface area contributed by atoms with Gasteiger partial charge in [0.15, 0.2) is 0 Å². The molecule has 0 aliphatic rings. The fourth-order valence-corrected chi connectivity index (χ4v) is 3.16. The summed E-state index contributed by atoms with van der Waals surface area (Å²) in [5.74, 6) is 2.05. The van der Waals surface area contributed by atoms with Gasteiger partial charge in [-0.1, -0.05) is 18.2 Å². The highest BCUT2D eigenvalue weighted by atomic mass is 16.5. The summed E-state index contributed by atoms with van der Waals surface area (Å²) in [6.45, 7) is 0.134. The van der Waals surface area contributed by atoms with Crippen molar-refractivity contribution in [1.29, 1.82) is 0 Å². The Balaban J connectivity index is 1.84. The van der Waals surface area contributed by atoms with Crippen molar-refractivity contribution in [3.8, 4) is 16.9 Å². The molecule has 0 radical (unpaired) electrons. The molecule has 0 fully saturated rings. The maximum absolute atomic E-state index is 9.02. The number of aromatic amines is 1. The Morgan fingerprint density at radius 3 is 2.77 bits per heavy atom. The summed E-state index contributed by atoms with van der Waals surface area (Å²) in [6.07, 6.45) is 1.33. The van der Waals surface area contributed by atoms with Crippen LogP contribution in [0.4, 0.5) is 5.82 Å². The SMILES string of the molecule is COc1cccc(-c2ccc3c(c2)nc(N)c2[nH]c(CCCO)nc23)c1. The fraction of sp³-hybridized carbons (Fsp3) is 0.200. The van der Waals surface area contributed by atoms with E-state index in [1.165, 1.54) is 0 Å². The second-order valence-electron chi connectivity index (χ2n) is 6.20. The van der Waals surface area contributed by atoms with Crippen molar-refractivity contribution in [2.75, 3.05) is 19.5 Å². The molecule has 26 heavy (non-hydrogen) atoms. The topological polar surface area (TPSA) is 97.0 Å². The number of nitrogen functional groups attached to an aromatic ring is 1. The van der Waals surface area contributed by atoms with Crippen molar-refractivity contribution < 1.29 is 9.84 Å². The van der Waals surface area contributed by atoms with Gasteiger partial charge >= 0.3 is 0 Å². The molecule has 0 unspecified atom stereocenters. The van der Waals surface area contributed by atoms with Crippen molar-refractivity contribution in [1.82, 2.24) is 15.0 Å². The third-order valence-corrected chi connectivity index (χ3v) is 4.48. The van der Waals surface area contributed by atoms with Gasteiger partial charge in [-0.3, -0.25) is 0 Å². The lowest BCUT2D eigenvalue weighted by Gasteiger charge is -2.07. The van der Waals surface area contributed by atoms with E-state index in [1.807, 2.05) is 36.4 Å². The lowest BCUT2D eigenvalue weighted by molar-refractivity contribution is 0.287. The molecule has 4 N–H and O–H groups in total. The quantitative estimate of drug-likeness (QED) is 0.514. The van der Waals surface area contributed by atoms with Gasteiger partial charge in [0.2, 0.25) is 0 Å². The first kappa shape index (κ1) is 16.4. The van der Waals surface area contributed by atoms with E-state index in [9.17, 15) is 0 Å². The third kappa shape index (κ3) is 2.84. The molecule has 6 nitrogen and oxygen atoms in total. The van der Waals surface area contributed by atoms with Gasteiger partial charge in [0.25, 0.3) is 0 Å². The molecule has 0 atom stereocenters. The van der Waals surface area contributed by atoms with E-state index >= 15 is 0 Å². The average molecular weight is 348 g/mol. The van der Waals surface area contributed by atoms with Crippen LogP contribution in [0, 0.1) is 0 Å². The number of methoxy groups -OCH3 is 1. The van der Waals surface area contributed by atoms with Gasteiger partial charge < -0.3 is 20.6 Å². The molecular formula is C20H20N4O2. The summed E-state index contributed by atoms with van der Waals surface area (Å²) in [4.78, 5) is 12.4. The Morgan fingerprint density at radius 1 is 1.12 bits per heavy atom. The first-order valence-electron chi connectivity index (χ1n) is 8.52. The zero-order valence-corrected chi connectivity index (χ0v) is 14.5. The Bertz CT molecular complexity index is 1090. The number of pyridine rings is 1. The number of benzene rings is 2. The molecule has 6 heteroatoms. The van der Waals surface area contributed by atoms with Gasteiger partial charge in [-0.05, 0) is 41.8 Å². The highest BCUT2D eigenvalue weighted by Crippen LogP contribution is 2.31. The van der Waals surface area contributed by atoms with E-state index < -0.39 is 0 Å². The standard InChI is InChI=1S/C20H20N4O2/c1-26-14-5-2-4-12(10-14)13-7-8-15-16(11-13)22-20(21)19-18(15)23-17(24-19)6-3-9-25/h2,4-5,7-8,10-11,25H,3,6,9H2,1H3,(H2,21,22)(H,23,24). The molecule has 4 rings (SSSR count). The zero-order valence-electron chi connectivity index (χ0n) is 14.5. The summed E-state index contributed by atoms with van der Waals surface area (Å²) >= 11 is 0. The van der Waals surface area contributed by atoms with Gasteiger partial charge in [0.05, 0.1) is 12.6 Å². The van der Waals surface area contributed by atoms with Gasteiger partial charge in [0, 0.05) is 18.4 Å². The molecule has 2 heterocycles. The van der Waals surface area contributed by atoms with Crippen LogP contribution in [0.3, 0.4) is 0 Å². The molecule has 0 amide bonds. The minimum atomic E-state index is 0.134. The van der Waals surface area contributed by atoms with E-state index in [4.69, 9.17) is 15.6 Å². The highest BCUT2D eigenvalue weighted by Gasteiger charge is 2.12. The summed E-state index contributed by atoms with van der Waals surface area (Å²) in [5, 5.41) is 9.97. The van der Waals surface area contributed by atoms with Gasteiger partial charge in [-0.15, -0.1) is 0 Å². The van der Waals surface area contributed by atoms with Crippen LogP contribution in [0.2, 0.25) is 0 Å². The molecule has 0 aliphatic heterocycles. The van der Waals surface area contributed by atoms with Crippen molar-refractivity contribution >= 4 is 27.8 Å². The number of nitrogens with one attached hydrogen (secondary N) is 1. The van der Waals surface area contributed by atoms with Crippen LogP contribution in [0.25, 0.3) is 33.1 Å². The number of rotatable bonds is 5. The van der Waals surface area contributed by atoms with Crippen molar-refractivity contribution in [2.45, 2.75) is 12.8 Å². The maximum atomic E-state index is 9.02.